The fourth-order valence-electron chi connectivity index (χ4n) is 3.60. The Kier molecular flexibility index (Phi) is 9.05. The van der Waals surface area contributed by atoms with Gasteiger partial charge in [-0.25, -0.2) is 0 Å². The molecule has 0 unspecified atom stereocenters. The van der Waals surface area contributed by atoms with Crippen LogP contribution in [0.15, 0.2) is 84.1 Å². The average Bonchev–Trinajstić information content (AvgIpc) is 2.80. The van der Waals surface area contributed by atoms with Crippen LogP contribution in [-0.2, 0) is 16.1 Å². The summed E-state index contributed by atoms with van der Waals surface area (Å²) in [5.41, 5.74) is 5.77. The van der Waals surface area contributed by atoms with Crippen LogP contribution in [0.2, 0.25) is 0 Å². The van der Waals surface area contributed by atoms with Crippen molar-refractivity contribution in [2.75, 3.05) is 20.3 Å². The maximum Gasteiger partial charge on any atom is 0.123 e. The van der Waals surface area contributed by atoms with E-state index in [0.717, 1.165) is 22.1 Å². The molecule has 0 aliphatic heterocycles. The van der Waals surface area contributed by atoms with E-state index in [9.17, 15) is 15.3 Å². The minimum absolute atomic E-state index is 0.192. The lowest BCUT2D eigenvalue weighted by molar-refractivity contribution is 0.0273. The Bertz CT molecular complexity index is 1050. The summed E-state index contributed by atoms with van der Waals surface area (Å²) in [7, 11) is 1.59. The Morgan fingerprint density at radius 1 is 0.969 bits per heavy atom. The minimum Gasteiger partial charge on any atom is -0.507 e. The highest BCUT2D eigenvalue weighted by atomic mass is 16.5. The molecule has 0 spiro atoms. The number of benzene rings is 3. The lowest BCUT2D eigenvalue weighted by atomic mass is 9.98. The summed E-state index contributed by atoms with van der Waals surface area (Å²) in [4.78, 5) is 0. The molecule has 0 saturated heterocycles. The fourth-order valence-corrected chi connectivity index (χ4v) is 3.60. The zero-order valence-electron chi connectivity index (χ0n) is 18.3. The Morgan fingerprint density at radius 3 is 2.44 bits per heavy atom. The van der Waals surface area contributed by atoms with Gasteiger partial charge in [-0.2, -0.15) is 0 Å². The van der Waals surface area contributed by atoms with Crippen LogP contribution in [0.5, 0.6) is 5.75 Å². The lowest BCUT2D eigenvalue weighted by Gasteiger charge is -2.13. The van der Waals surface area contributed by atoms with Gasteiger partial charge in [-0.15, -0.1) is 5.73 Å². The summed E-state index contributed by atoms with van der Waals surface area (Å²) in [6, 6.07) is 20.6. The number of methoxy groups -OCH3 is 1. The zero-order valence-corrected chi connectivity index (χ0v) is 18.3. The van der Waals surface area contributed by atoms with Crippen LogP contribution in [0.3, 0.4) is 0 Å². The first kappa shape index (κ1) is 23.7. The Labute approximate surface area is 188 Å². The van der Waals surface area contributed by atoms with Crippen LogP contribution in [0.1, 0.15) is 30.1 Å². The highest BCUT2D eigenvalue weighted by Crippen LogP contribution is 2.32. The first-order chi connectivity index (χ1) is 15.6. The second-order valence-electron chi connectivity index (χ2n) is 7.71. The predicted molar refractivity (Wildman–Crippen MR) is 125 cm³/mol. The van der Waals surface area contributed by atoms with Gasteiger partial charge in [-0.3, -0.25) is 0 Å². The molecule has 0 aromatic heterocycles. The zero-order chi connectivity index (χ0) is 22.8. The number of aliphatic hydroxyl groups is 2. The van der Waals surface area contributed by atoms with Gasteiger partial charge in [0.25, 0.3) is 0 Å². The molecule has 5 nitrogen and oxygen atoms in total. The molecule has 2 atom stereocenters. The predicted octanol–water partition coefficient (Wildman–Crippen LogP) is 4.66. The monoisotopic (exact) mass is 434 g/mol. The van der Waals surface area contributed by atoms with E-state index >= 15 is 0 Å². The van der Waals surface area contributed by atoms with Gasteiger partial charge in [0.2, 0.25) is 0 Å². The van der Waals surface area contributed by atoms with Crippen LogP contribution in [-0.4, -0.2) is 41.7 Å². The molecule has 0 saturated carbocycles. The first-order valence-electron chi connectivity index (χ1n) is 10.7. The van der Waals surface area contributed by atoms with Crippen LogP contribution >= 0.6 is 0 Å². The summed E-state index contributed by atoms with van der Waals surface area (Å²) in [6.45, 7) is 1.00. The van der Waals surface area contributed by atoms with Gasteiger partial charge in [-0.1, -0.05) is 60.7 Å². The standard InChI is InChI=1S/C27H30O5/c1-31-17-21(16-22(28)19-32-18-20-8-3-2-4-9-20)10-7-13-26(29)25-14-15-27(30)24-12-6-5-11-23(24)25/h2-9,11-12,14-15,22,26,28-30H,13,16-19H2,1H3/t10?,22-,26-/m1/s1. The molecule has 3 rings (SSSR count). The number of phenols is 1. The van der Waals surface area contributed by atoms with Crippen LogP contribution in [0, 0.1) is 0 Å². The number of fused-ring (bicyclic) bond motifs is 1. The van der Waals surface area contributed by atoms with E-state index in [2.05, 4.69) is 5.73 Å². The second kappa shape index (κ2) is 12.2. The van der Waals surface area contributed by atoms with Gasteiger partial charge in [0, 0.05) is 25.3 Å². The van der Waals surface area contributed by atoms with Gasteiger partial charge in [-0.05, 0) is 34.2 Å². The third kappa shape index (κ3) is 6.79. The molecule has 0 aliphatic carbocycles. The number of hydrogen-bond acceptors (Lipinski definition) is 5. The topological polar surface area (TPSA) is 79.2 Å². The number of phenolic OH excluding ortho intramolecular Hbond substituents is 1. The Morgan fingerprint density at radius 2 is 1.69 bits per heavy atom. The SMILES string of the molecule is COCC(=C=CC[C@@H](O)c1ccc(O)c2ccccc12)C[C@@H](O)COCc1ccccc1. The van der Waals surface area contributed by atoms with Crippen molar-refractivity contribution in [2.45, 2.75) is 31.7 Å². The highest BCUT2D eigenvalue weighted by Gasteiger charge is 2.12. The maximum atomic E-state index is 10.7. The van der Waals surface area contributed by atoms with Gasteiger partial charge >= 0.3 is 0 Å². The third-order valence-corrected chi connectivity index (χ3v) is 5.16. The molecule has 0 amide bonds. The molecule has 0 fully saturated rings. The van der Waals surface area contributed by atoms with Gasteiger partial charge in [0.15, 0.2) is 0 Å². The molecule has 0 bridgehead atoms. The maximum absolute atomic E-state index is 10.7. The summed E-state index contributed by atoms with van der Waals surface area (Å²) in [5.74, 6) is 0.192. The number of ether oxygens (including phenoxy) is 2. The molecule has 168 valence electrons. The average molecular weight is 435 g/mol. The van der Waals surface area contributed by atoms with E-state index in [1.165, 1.54) is 0 Å². The number of aromatic hydroxyl groups is 1. The van der Waals surface area contributed by atoms with Crippen molar-refractivity contribution in [1.29, 1.82) is 0 Å². The van der Waals surface area contributed by atoms with E-state index < -0.39 is 12.2 Å². The van der Waals surface area contributed by atoms with Crippen LogP contribution in [0.4, 0.5) is 0 Å². The first-order valence-corrected chi connectivity index (χ1v) is 10.7. The van der Waals surface area contributed by atoms with Crippen molar-refractivity contribution in [1.82, 2.24) is 0 Å². The van der Waals surface area contributed by atoms with Crippen molar-refractivity contribution in [3.63, 3.8) is 0 Å². The van der Waals surface area contributed by atoms with Crippen molar-refractivity contribution in [2.24, 2.45) is 0 Å². The van der Waals surface area contributed by atoms with Crippen molar-refractivity contribution >= 4 is 10.8 Å². The summed E-state index contributed by atoms with van der Waals surface area (Å²) in [5, 5.41) is 32.6. The van der Waals surface area contributed by atoms with Crippen LogP contribution in [0.25, 0.3) is 10.8 Å². The summed E-state index contributed by atoms with van der Waals surface area (Å²) >= 11 is 0. The molecule has 3 aromatic carbocycles. The second-order valence-corrected chi connectivity index (χ2v) is 7.71. The molecule has 0 radical (unpaired) electrons. The summed E-state index contributed by atoms with van der Waals surface area (Å²) < 4.78 is 10.8. The largest absolute Gasteiger partial charge is 0.507 e. The normalized spacial score (nSPS) is 12.8. The van der Waals surface area contributed by atoms with E-state index in [1.807, 2.05) is 54.6 Å². The van der Waals surface area contributed by atoms with E-state index in [1.54, 1.807) is 25.3 Å². The van der Waals surface area contributed by atoms with Gasteiger partial charge in [0.1, 0.15) is 5.75 Å². The fraction of sp³-hybridized carbons (Fsp3) is 0.296. The third-order valence-electron chi connectivity index (χ3n) is 5.16. The van der Waals surface area contributed by atoms with Crippen molar-refractivity contribution < 1.29 is 24.8 Å². The van der Waals surface area contributed by atoms with E-state index in [0.29, 0.717) is 31.4 Å². The summed E-state index contributed by atoms with van der Waals surface area (Å²) in [6.07, 6.45) is 1.07. The quantitative estimate of drug-likeness (QED) is 0.383. The number of hydrogen-bond donors (Lipinski definition) is 3. The lowest BCUT2D eigenvalue weighted by Crippen LogP contribution is -2.17. The van der Waals surface area contributed by atoms with Gasteiger partial charge < -0.3 is 24.8 Å². The molecule has 0 heterocycles. The smallest absolute Gasteiger partial charge is 0.123 e. The molecule has 5 heteroatoms. The molecule has 3 N–H and O–H groups in total. The molecular weight excluding hydrogens is 404 g/mol. The Balaban J connectivity index is 1.60. The highest BCUT2D eigenvalue weighted by molar-refractivity contribution is 5.91. The van der Waals surface area contributed by atoms with Crippen LogP contribution < -0.4 is 0 Å². The molecule has 32 heavy (non-hydrogen) atoms. The molecule has 0 aliphatic rings. The molecule has 3 aromatic rings. The van der Waals surface area contributed by atoms with Gasteiger partial charge in [0.05, 0.1) is 32.0 Å². The van der Waals surface area contributed by atoms with E-state index in [4.69, 9.17) is 9.47 Å². The Hall–Kier alpha value is -2.92. The van der Waals surface area contributed by atoms with E-state index in [-0.39, 0.29) is 12.4 Å². The number of aliphatic hydroxyl groups excluding tert-OH is 2. The van der Waals surface area contributed by atoms with Crippen molar-refractivity contribution in [3.05, 3.63) is 95.2 Å². The minimum atomic E-state index is -0.740. The van der Waals surface area contributed by atoms with Crippen molar-refractivity contribution in [3.8, 4) is 5.75 Å². The number of rotatable bonds is 11. The molecular formula is C27H30O5.